The van der Waals surface area contributed by atoms with Gasteiger partial charge in [0.25, 0.3) is 5.91 Å². The molecule has 3 amide bonds. The van der Waals surface area contributed by atoms with Gasteiger partial charge in [-0.3, -0.25) is 19.3 Å². The molecule has 2 N–H and O–H groups in total. The maximum atomic E-state index is 12.5. The van der Waals surface area contributed by atoms with E-state index in [2.05, 4.69) is 42.9 Å². The molecule has 1 unspecified atom stereocenters. The highest BCUT2D eigenvalue weighted by Crippen LogP contribution is 2.24. The van der Waals surface area contributed by atoms with Crippen LogP contribution in [-0.4, -0.2) is 65.9 Å². The number of hydroxylamine groups is 2. The van der Waals surface area contributed by atoms with Crippen LogP contribution in [0.5, 0.6) is 0 Å². The van der Waals surface area contributed by atoms with Crippen LogP contribution in [0.25, 0.3) is 0 Å². The topological polar surface area (TPSA) is 108 Å². The quantitative estimate of drug-likeness (QED) is 0.418. The standard InChI is InChI=1S/C21H34N4O5/c1-15-7-8-18(27)25(15)30-19(28)10-12-22-17(26)9-11-23-20(29)16-6-5-13-24(16)14-21(2,3)4/h16H,1,5-14H2,2-4H3,(H,22,26)(H,23,29)/i2+1,3+1,4+1,14+1,17+1,19+1,21+1,22+1,23+1. The molecule has 0 aromatic heterocycles. The zero-order chi connectivity index (χ0) is 22.3. The summed E-state index contributed by atoms with van der Waals surface area (Å²) in [7, 11) is 0. The van der Waals surface area contributed by atoms with Gasteiger partial charge in [0.1, 0.15) is 0 Å². The lowest BCUT2D eigenvalue weighted by Crippen LogP contribution is -2.46. The van der Waals surface area contributed by atoms with Crippen molar-refractivity contribution < 1.29 is 24.0 Å². The number of carbonyl (C=O) groups is 4. The van der Waals surface area contributed by atoms with Crippen LogP contribution in [0.15, 0.2) is 12.3 Å². The molecule has 0 saturated carbocycles. The van der Waals surface area contributed by atoms with Crippen LogP contribution in [0.3, 0.4) is 0 Å². The third-order valence-corrected chi connectivity index (χ3v) is 4.98. The summed E-state index contributed by atoms with van der Waals surface area (Å²) < 4.78 is 0. The van der Waals surface area contributed by atoms with Gasteiger partial charge in [-0.05, 0) is 31.2 Å². The summed E-state index contributed by atoms with van der Waals surface area (Å²) in [6.07, 6.45) is 2.67. The van der Waals surface area contributed by atoms with Gasteiger partial charge < -0.3 is 15.5 Å². The molecule has 2 rings (SSSR count). The van der Waals surface area contributed by atoms with Crippen LogP contribution in [0.2, 0.25) is 0 Å². The molecule has 0 aliphatic carbocycles. The first-order valence-corrected chi connectivity index (χ1v) is 10.6. The Kier molecular flexibility index (Phi) is 8.40. The molecule has 9 heteroatoms. The fourth-order valence-corrected chi connectivity index (χ4v) is 3.62. The highest BCUT2D eigenvalue weighted by Gasteiger charge is 2.32. The van der Waals surface area contributed by atoms with Gasteiger partial charge in [-0.15, -0.1) is 5.06 Å². The first-order valence-electron chi connectivity index (χ1n) is 10.6. The van der Waals surface area contributed by atoms with Crippen molar-refractivity contribution in [3.05, 3.63) is 12.3 Å². The molecule has 2 aliphatic rings. The van der Waals surface area contributed by atoms with Gasteiger partial charge in [-0.25, -0.2) is 4.79 Å². The molecule has 2 heterocycles. The summed E-state index contributed by atoms with van der Waals surface area (Å²) in [4.78, 5) is 54.9. The van der Waals surface area contributed by atoms with E-state index < -0.39 is 5.97 Å². The van der Waals surface area contributed by atoms with Gasteiger partial charge in [-0.1, -0.05) is 27.4 Å². The summed E-state index contributed by atoms with van der Waals surface area (Å²) >= 11 is 0. The van der Waals surface area contributed by atoms with Crippen molar-refractivity contribution in [2.24, 2.45) is 5.41 Å². The maximum absolute atomic E-state index is 12.5. The highest BCUT2D eigenvalue weighted by molar-refractivity contribution is 5.83. The fraction of sp³-hybridized carbons (Fsp3) is 0.714. The SMILES string of the molecule is C=C1CCC(=O)N1O[13C](=O)CC[15NH][13C](=O)CC[15NH]C(=O)C1CCCN1[13CH2][13C]([13CH3])([13CH3])[13CH3]. The summed E-state index contributed by atoms with van der Waals surface area (Å²) in [6.45, 7) is 12.2. The molecular formula is C21H34N4O5. The number of nitrogens with zero attached hydrogens (tertiary/aromatic N) is 2. The largest absolute Gasteiger partial charge is 0.355 e. The van der Waals surface area contributed by atoms with Crippen molar-refractivity contribution in [3.8, 4) is 0 Å². The zero-order valence-corrected chi connectivity index (χ0v) is 18.3. The van der Waals surface area contributed by atoms with Gasteiger partial charge in [0.2, 0.25) is 11.8 Å². The van der Waals surface area contributed by atoms with Crippen LogP contribution < -0.4 is 10.6 Å². The smallest absolute Gasteiger partial charge is 0.334 e. The van der Waals surface area contributed by atoms with Crippen LogP contribution in [0.1, 0.15) is 59.3 Å². The number of hydrogen-bond acceptors (Lipinski definition) is 6. The van der Waals surface area contributed by atoms with Gasteiger partial charge >= 0.3 is 5.97 Å². The summed E-state index contributed by atoms with van der Waals surface area (Å²) in [5.74, 6) is -1.21. The van der Waals surface area contributed by atoms with Crippen molar-refractivity contribution >= 4 is 23.7 Å². The molecular weight excluding hydrogens is 397 g/mol. The lowest BCUT2D eigenvalue weighted by molar-refractivity contribution is -0.186. The highest BCUT2D eigenvalue weighted by atomic mass is 16.8. The Morgan fingerprint density at radius 2 is 1.83 bits per heavy atom. The Morgan fingerprint density at radius 1 is 1.13 bits per heavy atom. The number of nitrogens with one attached hydrogen (secondary N) is 2. The van der Waals surface area contributed by atoms with E-state index in [-0.39, 0.29) is 61.5 Å². The van der Waals surface area contributed by atoms with E-state index >= 15 is 0 Å². The minimum absolute atomic E-state index is 0.0383. The second-order valence-electron chi connectivity index (χ2n) is 9.05. The van der Waals surface area contributed by atoms with Crippen LogP contribution >= 0.6 is 0 Å². The molecule has 0 radical (unpaired) electrons. The Morgan fingerprint density at radius 3 is 2.47 bits per heavy atom. The summed E-state index contributed by atoms with van der Waals surface area (Å²) in [5.41, 5.74) is 0.579. The molecule has 30 heavy (non-hydrogen) atoms. The number of rotatable bonds is 9. The molecule has 2 fully saturated rings. The third-order valence-electron chi connectivity index (χ3n) is 4.98. The molecule has 0 bridgehead atoms. The van der Waals surface area contributed by atoms with Crippen molar-refractivity contribution in [3.63, 3.8) is 0 Å². The Hall–Kier alpha value is -2.42. The van der Waals surface area contributed by atoms with E-state index in [1.807, 2.05) is 0 Å². The van der Waals surface area contributed by atoms with Crippen LogP contribution in [0, 0.1) is 5.41 Å². The van der Waals surface area contributed by atoms with Crippen LogP contribution in [0.4, 0.5) is 0 Å². The van der Waals surface area contributed by atoms with Gasteiger partial charge in [0, 0.05) is 32.5 Å². The Balaban J connectivity index is 1.60. The van der Waals surface area contributed by atoms with E-state index in [0.717, 1.165) is 31.0 Å². The van der Waals surface area contributed by atoms with Crippen molar-refractivity contribution in [1.82, 2.24) is 20.6 Å². The van der Waals surface area contributed by atoms with Gasteiger partial charge in [0.15, 0.2) is 0 Å². The predicted octanol–water partition coefficient (Wildman–Crippen LogP) is 1.10. The average Bonchev–Trinajstić information content (AvgIpc) is 3.21. The fourth-order valence-electron chi connectivity index (χ4n) is 3.62. The normalized spacial score (nSPS) is 19.8. The maximum Gasteiger partial charge on any atom is 0.334 e. The monoisotopic (exact) mass is 431 g/mol. The number of hydrogen-bond donors (Lipinski definition) is 2. The minimum atomic E-state index is -0.611. The van der Waals surface area contributed by atoms with E-state index in [0.29, 0.717) is 12.1 Å². The number of amides is 3. The minimum Gasteiger partial charge on any atom is -0.355 e. The molecule has 0 spiro atoms. The van der Waals surface area contributed by atoms with Crippen molar-refractivity contribution in [2.75, 3.05) is 26.2 Å². The molecule has 9 nitrogen and oxygen atoms in total. The Bertz CT molecular complexity index is 669. The molecule has 0 aromatic rings. The van der Waals surface area contributed by atoms with E-state index in [4.69, 9.17) is 4.84 Å². The predicted molar refractivity (Wildman–Crippen MR) is 111 cm³/mol. The van der Waals surface area contributed by atoms with Gasteiger partial charge in [-0.2, -0.15) is 0 Å². The van der Waals surface area contributed by atoms with E-state index in [1.54, 1.807) is 0 Å². The van der Waals surface area contributed by atoms with E-state index in [9.17, 15) is 19.2 Å². The molecule has 2 saturated heterocycles. The average molecular weight is 431 g/mol. The van der Waals surface area contributed by atoms with E-state index in [1.165, 1.54) is 0 Å². The first kappa shape index (κ1) is 23.9. The molecule has 0 aromatic carbocycles. The number of likely N-dealkylation sites (tertiary alicyclic amines) is 1. The zero-order valence-electron chi connectivity index (χ0n) is 18.3. The lowest BCUT2D eigenvalue weighted by atomic mass is 10.2. The Labute approximate surface area is 178 Å². The molecule has 1 atom stereocenters. The molecule has 2 aliphatic heterocycles. The van der Waals surface area contributed by atoms with Gasteiger partial charge in [0.05, 0.1) is 18.2 Å². The van der Waals surface area contributed by atoms with Crippen molar-refractivity contribution in [2.45, 2.75) is 65.3 Å². The molecule has 168 valence electrons. The second-order valence-corrected chi connectivity index (χ2v) is 9.05. The summed E-state index contributed by atoms with van der Waals surface area (Å²) in [6, 6.07) is -0.134. The summed E-state index contributed by atoms with van der Waals surface area (Å²) in [5, 5.41) is 6.38. The third kappa shape index (κ3) is 7.44. The lowest BCUT2D eigenvalue weighted by Gasteiger charge is -2.30. The van der Waals surface area contributed by atoms with Crippen LogP contribution in [-0.2, 0) is 24.0 Å². The number of allylic oxidation sites excluding steroid dienone is 1. The second kappa shape index (κ2) is 10.6. The van der Waals surface area contributed by atoms with Crippen molar-refractivity contribution in [1.29, 1.82) is 0 Å². The number of carbonyl (C=O) groups excluding carboxylic acids is 4. The first-order chi connectivity index (χ1) is 14.1.